The predicted molar refractivity (Wildman–Crippen MR) is 143 cm³/mol. The maximum atomic E-state index is 13.3. The predicted octanol–water partition coefficient (Wildman–Crippen LogP) is 3.64. The highest BCUT2D eigenvalue weighted by Crippen LogP contribution is 2.38. The van der Waals surface area contributed by atoms with Gasteiger partial charge in [0.1, 0.15) is 5.60 Å². The lowest BCUT2D eigenvalue weighted by molar-refractivity contribution is -0.139. The molecule has 0 radical (unpaired) electrons. The molecule has 0 aliphatic carbocycles. The van der Waals surface area contributed by atoms with E-state index in [2.05, 4.69) is 15.6 Å². The number of hydrogen-bond donors (Lipinski definition) is 3. The molecular formula is C27H38N4O5S. The fraction of sp³-hybridized carbons (Fsp3) is 0.556. The summed E-state index contributed by atoms with van der Waals surface area (Å²) in [6.07, 6.45) is -0.835. The maximum absolute atomic E-state index is 13.3. The van der Waals surface area contributed by atoms with E-state index in [1.165, 1.54) is 0 Å². The Hall–Kier alpha value is -2.82. The first-order valence-corrected chi connectivity index (χ1v) is 13.2. The Labute approximate surface area is 222 Å². The number of aliphatic hydroxyl groups is 1. The molecule has 1 aliphatic heterocycles. The molecule has 2 heterocycles. The van der Waals surface area contributed by atoms with Gasteiger partial charge in [0.15, 0.2) is 11.9 Å². The quantitative estimate of drug-likeness (QED) is 0.468. The van der Waals surface area contributed by atoms with E-state index in [4.69, 9.17) is 4.74 Å². The number of nitrogens with one attached hydrogen (secondary N) is 2. The van der Waals surface area contributed by atoms with Gasteiger partial charge in [0.25, 0.3) is 0 Å². The van der Waals surface area contributed by atoms with Crippen LogP contribution in [-0.4, -0.2) is 63.2 Å². The summed E-state index contributed by atoms with van der Waals surface area (Å²) >= 11 is 1.58. The van der Waals surface area contributed by atoms with Gasteiger partial charge < -0.3 is 15.2 Å². The number of aromatic nitrogens is 1. The minimum absolute atomic E-state index is 0.0484. The number of alkyl carbamates (subject to hydrolysis) is 1. The molecule has 3 rings (SSSR count). The summed E-state index contributed by atoms with van der Waals surface area (Å²) in [5.74, 6) is -0.333. The molecule has 1 aliphatic rings. The average molecular weight is 531 g/mol. The van der Waals surface area contributed by atoms with Gasteiger partial charge in [-0.1, -0.05) is 45.0 Å². The van der Waals surface area contributed by atoms with Gasteiger partial charge in [0.05, 0.1) is 28.2 Å². The molecule has 1 aromatic carbocycles. The van der Waals surface area contributed by atoms with Gasteiger partial charge in [-0.25, -0.2) is 9.78 Å². The van der Waals surface area contributed by atoms with Crippen molar-refractivity contribution in [2.75, 3.05) is 6.54 Å². The van der Waals surface area contributed by atoms with Gasteiger partial charge in [-0.15, -0.1) is 11.3 Å². The Kier molecular flexibility index (Phi) is 8.46. The number of β-amino-alcohol motifs (C(OH)–C–C–N with tert-alkyl or cyclic N) is 1. The smallest absolute Gasteiger partial charge is 0.409 e. The number of thiazole rings is 1. The fourth-order valence-corrected chi connectivity index (χ4v) is 5.35. The van der Waals surface area contributed by atoms with Gasteiger partial charge in [-0.3, -0.25) is 19.8 Å². The summed E-state index contributed by atoms with van der Waals surface area (Å²) < 4.78 is 5.42. The number of likely N-dealkylation sites (tertiary alicyclic amines) is 1. The highest BCUT2D eigenvalue weighted by atomic mass is 32.1. The van der Waals surface area contributed by atoms with Crippen LogP contribution in [0.1, 0.15) is 59.2 Å². The Morgan fingerprint density at radius 1 is 1.19 bits per heavy atom. The molecule has 1 saturated heterocycles. The van der Waals surface area contributed by atoms with Crippen molar-refractivity contribution in [2.45, 2.75) is 84.8 Å². The van der Waals surface area contributed by atoms with Gasteiger partial charge in [0.2, 0.25) is 5.91 Å². The van der Waals surface area contributed by atoms with E-state index < -0.39 is 34.9 Å². The van der Waals surface area contributed by atoms with Crippen LogP contribution < -0.4 is 10.6 Å². The SMILES string of the molecule is Cc1ncsc1-c1ccc(CNC(=O)[C@@H]2C[C@@H](O)CN2[C@@](C=O)(NC(=O)OC(C)(C)C)C(C)(C)C)cc1. The van der Waals surface area contributed by atoms with Gasteiger partial charge >= 0.3 is 6.09 Å². The molecule has 10 heteroatoms. The monoisotopic (exact) mass is 530 g/mol. The molecule has 0 spiro atoms. The molecule has 1 aromatic heterocycles. The number of amides is 2. The van der Waals surface area contributed by atoms with E-state index in [1.807, 2.05) is 36.7 Å². The molecule has 1 fully saturated rings. The zero-order chi connectivity index (χ0) is 27.6. The lowest BCUT2D eigenvalue weighted by Crippen LogP contribution is -2.71. The average Bonchev–Trinajstić information content (AvgIpc) is 3.39. The van der Waals surface area contributed by atoms with E-state index in [0.29, 0.717) is 6.29 Å². The van der Waals surface area contributed by atoms with Crippen LogP contribution in [0.25, 0.3) is 10.4 Å². The topological polar surface area (TPSA) is 121 Å². The van der Waals surface area contributed by atoms with Crippen LogP contribution in [0.4, 0.5) is 4.79 Å². The number of aliphatic hydroxyl groups excluding tert-OH is 1. The molecule has 2 amide bonds. The number of aldehydes is 1. The number of carbonyl (C=O) groups excluding carboxylic acids is 3. The summed E-state index contributed by atoms with van der Waals surface area (Å²) in [6.45, 7) is 12.9. The van der Waals surface area contributed by atoms with Crippen LogP contribution in [0.15, 0.2) is 29.8 Å². The second-order valence-corrected chi connectivity index (χ2v) is 12.4. The van der Waals surface area contributed by atoms with E-state index in [9.17, 15) is 19.5 Å². The summed E-state index contributed by atoms with van der Waals surface area (Å²) in [5.41, 5.74) is 1.59. The van der Waals surface area contributed by atoms with Crippen LogP contribution in [0.3, 0.4) is 0 Å². The first-order valence-electron chi connectivity index (χ1n) is 12.4. The third-order valence-electron chi connectivity index (χ3n) is 6.47. The van der Waals surface area contributed by atoms with Crippen LogP contribution in [-0.2, 0) is 20.9 Å². The van der Waals surface area contributed by atoms with Crippen LogP contribution in [0.2, 0.25) is 0 Å². The molecule has 2 aromatic rings. The zero-order valence-corrected chi connectivity index (χ0v) is 23.4. The van der Waals surface area contributed by atoms with Crippen LogP contribution >= 0.6 is 11.3 Å². The van der Waals surface area contributed by atoms with Crippen molar-refractivity contribution in [3.05, 3.63) is 41.0 Å². The highest BCUT2D eigenvalue weighted by Gasteiger charge is 2.55. The van der Waals surface area contributed by atoms with Crippen LogP contribution in [0, 0.1) is 12.3 Å². The van der Waals surface area contributed by atoms with Crippen molar-refractivity contribution in [1.82, 2.24) is 20.5 Å². The van der Waals surface area contributed by atoms with Gasteiger partial charge in [-0.2, -0.15) is 0 Å². The summed E-state index contributed by atoms with van der Waals surface area (Å²) in [5, 5.41) is 16.2. The lowest BCUT2D eigenvalue weighted by atomic mass is 9.79. The highest BCUT2D eigenvalue weighted by molar-refractivity contribution is 7.13. The first kappa shape index (κ1) is 28.7. The second-order valence-electron chi connectivity index (χ2n) is 11.5. The minimum atomic E-state index is -1.58. The molecule has 0 saturated carbocycles. The van der Waals surface area contributed by atoms with E-state index in [0.717, 1.165) is 21.7 Å². The Balaban J connectivity index is 1.78. The molecule has 9 nitrogen and oxygen atoms in total. The van der Waals surface area contributed by atoms with E-state index in [-0.39, 0.29) is 25.4 Å². The fourth-order valence-electron chi connectivity index (χ4n) is 4.54. The normalized spacial score (nSPS) is 20.2. The van der Waals surface area contributed by atoms with E-state index in [1.54, 1.807) is 57.8 Å². The van der Waals surface area contributed by atoms with Crippen molar-refractivity contribution in [1.29, 1.82) is 0 Å². The number of rotatable bonds is 7. The number of nitrogens with zero attached hydrogens (tertiary/aromatic N) is 2. The van der Waals surface area contributed by atoms with Gasteiger partial charge in [0, 0.05) is 18.5 Å². The maximum Gasteiger partial charge on any atom is 0.409 e. The van der Waals surface area contributed by atoms with Crippen LogP contribution in [0.5, 0.6) is 0 Å². The van der Waals surface area contributed by atoms with Crippen molar-refractivity contribution in [3.63, 3.8) is 0 Å². The van der Waals surface area contributed by atoms with Gasteiger partial charge in [-0.05, 0) is 45.2 Å². The lowest BCUT2D eigenvalue weighted by Gasteiger charge is -2.48. The number of benzene rings is 1. The Morgan fingerprint density at radius 3 is 2.35 bits per heavy atom. The molecule has 0 unspecified atom stereocenters. The molecule has 202 valence electrons. The Morgan fingerprint density at radius 2 is 1.84 bits per heavy atom. The van der Waals surface area contributed by atoms with E-state index >= 15 is 0 Å². The largest absolute Gasteiger partial charge is 0.444 e. The number of ether oxygens (including phenoxy) is 1. The second kappa shape index (κ2) is 10.9. The molecule has 0 bridgehead atoms. The van der Waals surface area contributed by atoms with Crippen molar-refractivity contribution in [3.8, 4) is 10.4 Å². The zero-order valence-electron chi connectivity index (χ0n) is 22.6. The summed E-state index contributed by atoms with van der Waals surface area (Å²) in [4.78, 5) is 45.7. The molecule has 3 atom stereocenters. The molecule has 3 N–H and O–H groups in total. The third kappa shape index (κ3) is 6.55. The summed E-state index contributed by atoms with van der Waals surface area (Å²) in [6, 6.07) is 7.06. The number of aryl methyl sites for hydroxylation is 1. The number of carbonyl (C=O) groups is 3. The Bertz CT molecular complexity index is 1120. The molecular weight excluding hydrogens is 492 g/mol. The number of hydrogen-bond acceptors (Lipinski definition) is 8. The first-order chi connectivity index (χ1) is 17.2. The molecule has 37 heavy (non-hydrogen) atoms. The third-order valence-corrected chi connectivity index (χ3v) is 7.45. The van der Waals surface area contributed by atoms with Crippen molar-refractivity contribution < 1.29 is 24.2 Å². The standard InChI is InChI=1S/C27H38N4O5S/c1-17-22(37-16-29-17)19-10-8-18(9-11-19)13-28-23(34)21-12-20(33)14-31(21)27(15-32,25(2,3)4)30-24(35)36-26(5,6)7/h8-11,15-16,20-21,33H,12-14H2,1-7H3,(H,28,34)(H,30,35)/t20-,21+,27-/m1/s1. The minimum Gasteiger partial charge on any atom is -0.444 e. The van der Waals surface area contributed by atoms with Crippen molar-refractivity contribution in [2.24, 2.45) is 5.41 Å². The van der Waals surface area contributed by atoms with Crippen molar-refractivity contribution >= 4 is 29.6 Å². The summed E-state index contributed by atoms with van der Waals surface area (Å²) in [7, 11) is 0.